The van der Waals surface area contributed by atoms with Gasteiger partial charge in [0.2, 0.25) is 5.91 Å². The van der Waals surface area contributed by atoms with Gasteiger partial charge in [-0.25, -0.2) is 0 Å². The highest BCUT2D eigenvalue weighted by molar-refractivity contribution is 5.85. The molecule has 0 spiro atoms. The molecule has 0 unspecified atom stereocenters. The maximum atomic E-state index is 11.7. The average Bonchev–Trinajstić information content (AvgIpc) is 2.38. The van der Waals surface area contributed by atoms with Crippen LogP contribution in [-0.2, 0) is 16.1 Å². The van der Waals surface area contributed by atoms with Crippen LogP contribution in [0, 0.1) is 0 Å². The van der Waals surface area contributed by atoms with E-state index in [4.69, 9.17) is 5.11 Å². The van der Waals surface area contributed by atoms with Gasteiger partial charge in [-0.1, -0.05) is 37.3 Å². The zero-order valence-electron chi connectivity index (χ0n) is 10.3. The fraction of sp³-hybridized carbons (Fsp3) is 0.385. The summed E-state index contributed by atoms with van der Waals surface area (Å²) in [7, 11) is 0. The van der Waals surface area contributed by atoms with Gasteiger partial charge in [0.25, 0.3) is 0 Å². The van der Waals surface area contributed by atoms with Crippen LogP contribution in [0.3, 0.4) is 0 Å². The van der Waals surface area contributed by atoms with Crippen LogP contribution in [0.2, 0.25) is 0 Å². The van der Waals surface area contributed by atoms with E-state index < -0.39 is 5.97 Å². The first-order valence-electron chi connectivity index (χ1n) is 5.90. The van der Waals surface area contributed by atoms with Gasteiger partial charge in [0.05, 0.1) is 6.04 Å². The third-order valence-electron chi connectivity index (χ3n) is 2.53. The van der Waals surface area contributed by atoms with Gasteiger partial charge in [-0.2, -0.15) is 0 Å². The highest BCUT2D eigenvalue weighted by Crippen LogP contribution is 2.00. The third-order valence-corrected chi connectivity index (χ3v) is 2.53. The minimum Gasteiger partial charge on any atom is -0.480 e. The highest BCUT2D eigenvalue weighted by Gasteiger charge is 2.15. The number of nitrogens with one attached hydrogen (secondary N) is 2. The van der Waals surface area contributed by atoms with Crippen LogP contribution < -0.4 is 10.6 Å². The first-order chi connectivity index (χ1) is 8.63. The lowest BCUT2D eigenvalue weighted by Crippen LogP contribution is -2.45. The zero-order valence-corrected chi connectivity index (χ0v) is 10.3. The van der Waals surface area contributed by atoms with E-state index in [-0.39, 0.29) is 18.5 Å². The summed E-state index contributed by atoms with van der Waals surface area (Å²) in [6.45, 7) is 2.12. The SMILES string of the molecule is CC[C@H](NCc1ccccc1)C(=O)NCC(=O)O. The second-order valence-electron chi connectivity index (χ2n) is 3.94. The quantitative estimate of drug-likeness (QED) is 0.667. The van der Waals surface area contributed by atoms with Crippen LogP contribution in [0.15, 0.2) is 30.3 Å². The predicted octanol–water partition coefficient (Wildman–Crippen LogP) is 0.756. The Bertz CT molecular complexity index is 392. The molecule has 0 aromatic heterocycles. The number of hydrogen-bond acceptors (Lipinski definition) is 3. The van der Waals surface area contributed by atoms with Crippen molar-refractivity contribution in [3.8, 4) is 0 Å². The molecular formula is C13H18N2O3. The fourth-order valence-corrected chi connectivity index (χ4v) is 1.55. The standard InChI is InChI=1S/C13H18N2O3/c1-2-11(13(18)15-9-12(16)17)14-8-10-6-4-3-5-7-10/h3-7,11,14H,2,8-9H2,1H3,(H,15,18)(H,16,17)/t11-/m0/s1. The molecule has 1 aromatic rings. The second kappa shape index (κ2) is 7.45. The van der Waals surface area contributed by atoms with Crippen LogP contribution in [0.5, 0.6) is 0 Å². The number of rotatable bonds is 7. The van der Waals surface area contributed by atoms with Gasteiger partial charge in [-0.15, -0.1) is 0 Å². The first-order valence-corrected chi connectivity index (χ1v) is 5.90. The summed E-state index contributed by atoms with van der Waals surface area (Å²) in [5, 5.41) is 14.0. The summed E-state index contributed by atoms with van der Waals surface area (Å²) in [5.74, 6) is -1.32. The molecule has 0 radical (unpaired) electrons. The van der Waals surface area contributed by atoms with Gasteiger partial charge < -0.3 is 15.7 Å². The van der Waals surface area contributed by atoms with E-state index in [2.05, 4.69) is 10.6 Å². The van der Waals surface area contributed by atoms with Crippen LogP contribution in [-0.4, -0.2) is 29.6 Å². The van der Waals surface area contributed by atoms with Gasteiger partial charge in [0, 0.05) is 6.54 Å². The molecule has 5 heteroatoms. The van der Waals surface area contributed by atoms with Crippen molar-refractivity contribution in [2.24, 2.45) is 0 Å². The minimum absolute atomic E-state index is 0.282. The van der Waals surface area contributed by atoms with Gasteiger partial charge >= 0.3 is 5.97 Å². The Morgan fingerprint density at radius 3 is 2.50 bits per heavy atom. The lowest BCUT2D eigenvalue weighted by molar-refractivity contribution is -0.138. The van der Waals surface area contributed by atoms with Crippen molar-refractivity contribution in [3.05, 3.63) is 35.9 Å². The number of amides is 1. The summed E-state index contributed by atoms with van der Waals surface area (Å²) < 4.78 is 0. The molecule has 1 rings (SSSR count). The molecule has 0 aliphatic rings. The molecule has 3 N–H and O–H groups in total. The number of carbonyl (C=O) groups is 2. The summed E-state index contributed by atoms with van der Waals surface area (Å²) in [6, 6.07) is 9.36. The van der Waals surface area contributed by atoms with Crippen molar-refractivity contribution in [1.82, 2.24) is 10.6 Å². The molecule has 1 aromatic carbocycles. The molecule has 0 aliphatic carbocycles. The van der Waals surface area contributed by atoms with Crippen molar-refractivity contribution < 1.29 is 14.7 Å². The normalized spacial score (nSPS) is 11.8. The Labute approximate surface area is 106 Å². The summed E-state index contributed by atoms with van der Waals surface area (Å²) in [6.07, 6.45) is 0.609. The topological polar surface area (TPSA) is 78.4 Å². The van der Waals surface area contributed by atoms with E-state index in [0.29, 0.717) is 13.0 Å². The largest absolute Gasteiger partial charge is 0.480 e. The van der Waals surface area contributed by atoms with Gasteiger partial charge in [0.15, 0.2) is 0 Å². The molecule has 0 fully saturated rings. The molecule has 0 aliphatic heterocycles. The number of carboxylic acids is 1. The van der Waals surface area contributed by atoms with Crippen LogP contribution >= 0.6 is 0 Å². The second-order valence-corrected chi connectivity index (χ2v) is 3.94. The first kappa shape index (κ1) is 14.2. The Balaban J connectivity index is 2.42. The Morgan fingerprint density at radius 2 is 1.94 bits per heavy atom. The average molecular weight is 250 g/mol. The smallest absolute Gasteiger partial charge is 0.322 e. The lowest BCUT2D eigenvalue weighted by atomic mass is 10.1. The van der Waals surface area contributed by atoms with Crippen molar-refractivity contribution in [2.75, 3.05) is 6.54 Å². The van der Waals surface area contributed by atoms with E-state index >= 15 is 0 Å². The molecule has 0 bridgehead atoms. The van der Waals surface area contributed by atoms with Crippen LogP contribution in [0.25, 0.3) is 0 Å². The number of carboxylic acid groups (broad SMARTS) is 1. The lowest BCUT2D eigenvalue weighted by Gasteiger charge is -2.16. The molecule has 1 atom stereocenters. The maximum absolute atomic E-state index is 11.7. The number of carbonyl (C=O) groups excluding carboxylic acids is 1. The Hall–Kier alpha value is -1.88. The third kappa shape index (κ3) is 4.97. The highest BCUT2D eigenvalue weighted by atomic mass is 16.4. The van der Waals surface area contributed by atoms with Crippen molar-refractivity contribution >= 4 is 11.9 Å². The molecule has 18 heavy (non-hydrogen) atoms. The number of aliphatic carboxylic acids is 1. The predicted molar refractivity (Wildman–Crippen MR) is 68.0 cm³/mol. The van der Waals surface area contributed by atoms with E-state index in [1.165, 1.54) is 0 Å². The summed E-state index contributed by atoms with van der Waals surface area (Å²) in [4.78, 5) is 22.0. The van der Waals surface area contributed by atoms with E-state index in [0.717, 1.165) is 5.56 Å². The van der Waals surface area contributed by atoms with Crippen molar-refractivity contribution in [2.45, 2.75) is 25.9 Å². The van der Waals surface area contributed by atoms with Gasteiger partial charge in [-0.3, -0.25) is 9.59 Å². The molecule has 98 valence electrons. The van der Waals surface area contributed by atoms with Crippen molar-refractivity contribution in [3.63, 3.8) is 0 Å². The van der Waals surface area contributed by atoms with E-state index in [1.54, 1.807) is 0 Å². The molecule has 0 heterocycles. The maximum Gasteiger partial charge on any atom is 0.322 e. The van der Waals surface area contributed by atoms with Gasteiger partial charge in [0.1, 0.15) is 6.54 Å². The summed E-state index contributed by atoms with van der Waals surface area (Å²) >= 11 is 0. The molecule has 1 amide bonds. The van der Waals surface area contributed by atoms with E-state index in [1.807, 2.05) is 37.3 Å². The monoisotopic (exact) mass is 250 g/mol. The van der Waals surface area contributed by atoms with Gasteiger partial charge in [-0.05, 0) is 12.0 Å². The number of benzene rings is 1. The summed E-state index contributed by atoms with van der Waals surface area (Å²) in [5.41, 5.74) is 1.09. The molecule has 0 saturated heterocycles. The molecule has 5 nitrogen and oxygen atoms in total. The fourth-order valence-electron chi connectivity index (χ4n) is 1.55. The Morgan fingerprint density at radius 1 is 1.28 bits per heavy atom. The zero-order chi connectivity index (χ0) is 13.4. The van der Waals surface area contributed by atoms with E-state index in [9.17, 15) is 9.59 Å². The minimum atomic E-state index is -1.04. The Kier molecular flexibility index (Phi) is 5.87. The number of hydrogen-bond donors (Lipinski definition) is 3. The molecular weight excluding hydrogens is 232 g/mol. The molecule has 0 saturated carbocycles. The van der Waals surface area contributed by atoms with Crippen LogP contribution in [0.1, 0.15) is 18.9 Å². The van der Waals surface area contributed by atoms with Crippen LogP contribution in [0.4, 0.5) is 0 Å². The van der Waals surface area contributed by atoms with Crippen molar-refractivity contribution in [1.29, 1.82) is 0 Å².